The zero-order chi connectivity index (χ0) is 17.0. The quantitative estimate of drug-likeness (QED) is 0.855. The maximum atomic E-state index is 12.3. The van der Waals surface area contributed by atoms with E-state index in [1.165, 1.54) is 0 Å². The average molecular weight is 316 g/mol. The van der Waals surface area contributed by atoms with Gasteiger partial charge in [0.25, 0.3) is 5.91 Å². The Morgan fingerprint density at radius 3 is 2.57 bits per heavy atom. The average Bonchev–Trinajstić information content (AvgIpc) is 2.99. The molecule has 2 aromatic heterocycles. The molecule has 0 fully saturated rings. The number of nitrogens with zero attached hydrogens (tertiary/aromatic N) is 1. The van der Waals surface area contributed by atoms with Crippen molar-refractivity contribution in [2.45, 2.75) is 33.2 Å². The van der Waals surface area contributed by atoms with Gasteiger partial charge in [0.2, 0.25) is 0 Å². The molecule has 1 amide bonds. The molecule has 2 N–H and O–H groups in total. The molecule has 2 aromatic rings. The van der Waals surface area contributed by atoms with Crippen LogP contribution in [0.15, 0.2) is 34.9 Å². The van der Waals surface area contributed by atoms with E-state index >= 15 is 0 Å². The van der Waals surface area contributed by atoms with E-state index in [9.17, 15) is 14.7 Å². The highest BCUT2D eigenvalue weighted by molar-refractivity contribution is 5.97. The number of nitrogens with one attached hydrogen (secondary N) is 1. The monoisotopic (exact) mass is 316 g/mol. The number of pyridine rings is 1. The molecule has 0 radical (unpaired) electrons. The number of amides is 1. The second kappa shape index (κ2) is 7.09. The van der Waals surface area contributed by atoms with Crippen molar-refractivity contribution in [3.05, 3.63) is 41.8 Å². The summed E-state index contributed by atoms with van der Waals surface area (Å²) in [6.45, 7) is 5.53. The van der Waals surface area contributed by atoms with E-state index in [4.69, 9.17) is 4.42 Å². The first-order chi connectivity index (χ1) is 10.9. The van der Waals surface area contributed by atoms with Crippen molar-refractivity contribution in [3.63, 3.8) is 0 Å². The van der Waals surface area contributed by atoms with Crippen molar-refractivity contribution in [3.8, 4) is 11.5 Å². The molecule has 2 heterocycles. The van der Waals surface area contributed by atoms with Gasteiger partial charge in [-0.2, -0.15) is 0 Å². The van der Waals surface area contributed by atoms with Crippen LogP contribution in [0.4, 0.5) is 0 Å². The largest absolute Gasteiger partial charge is 0.480 e. The summed E-state index contributed by atoms with van der Waals surface area (Å²) in [5.41, 5.74) is 1.50. The standard InChI is InChI=1S/C17H20N2O4/c1-10(2)9-14(17(21)22)19-16(20)12-6-7-13(18-11(12)3)15-5-4-8-23-15/h4-8,10,14H,9H2,1-3H3,(H,19,20)(H,21,22). The van der Waals surface area contributed by atoms with Gasteiger partial charge in [0.05, 0.1) is 17.5 Å². The Morgan fingerprint density at radius 2 is 2.04 bits per heavy atom. The van der Waals surface area contributed by atoms with Gasteiger partial charge in [-0.25, -0.2) is 9.78 Å². The highest BCUT2D eigenvalue weighted by Gasteiger charge is 2.23. The van der Waals surface area contributed by atoms with Crippen LogP contribution in [0.1, 0.15) is 36.3 Å². The molecule has 0 aromatic carbocycles. The number of aromatic nitrogens is 1. The molecule has 0 spiro atoms. The number of aryl methyl sites for hydroxylation is 1. The summed E-state index contributed by atoms with van der Waals surface area (Å²) in [7, 11) is 0. The third kappa shape index (κ3) is 4.18. The summed E-state index contributed by atoms with van der Waals surface area (Å²) in [5, 5.41) is 11.8. The molecule has 0 aliphatic carbocycles. The summed E-state index contributed by atoms with van der Waals surface area (Å²) in [6, 6.07) is 5.94. The number of carboxylic acid groups (broad SMARTS) is 1. The molecule has 0 saturated carbocycles. The lowest BCUT2D eigenvalue weighted by atomic mass is 10.0. The molecular formula is C17H20N2O4. The molecular weight excluding hydrogens is 296 g/mol. The van der Waals surface area contributed by atoms with Crippen LogP contribution < -0.4 is 5.32 Å². The van der Waals surface area contributed by atoms with Crippen LogP contribution in [0.2, 0.25) is 0 Å². The normalized spacial score (nSPS) is 12.2. The molecule has 2 rings (SSSR count). The van der Waals surface area contributed by atoms with Crippen molar-refractivity contribution < 1.29 is 19.1 Å². The molecule has 6 heteroatoms. The van der Waals surface area contributed by atoms with Crippen LogP contribution in [0.25, 0.3) is 11.5 Å². The van der Waals surface area contributed by atoms with Gasteiger partial charge in [-0.1, -0.05) is 13.8 Å². The molecule has 0 aliphatic heterocycles. The molecule has 1 unspecified atom stereocenters. The Balaban J connectivity index is 2.17. The highest BCUT2D eigenvalue weighted by Crippen LogP contribution is 2.19. The zero-order valence-electron chi connectivity index (χ0n) is 13.4. The Kier molecular flexibility index (Phi) is 5.16. The van der Waals surface area contributed by atoms with E-state index in [2.05, 4.69) is 10.3 Å². The van der Waals surface area contributed by atoms with Gasteiger partial charge in [-0.05, 0) is 43.5 Å². The first kappa shape index (κ1) is 16.7. The number of carboxylic acids is 1. The van der Waals surface area contributed by atoms with Gasteiger partial charge in [0.15, 0.2) is 5.76 Å². The van der Waals surface area contributed by atoms with Crippen LogP contribution in [0.3, 0.4) is 0 Å². The smallest absolute Gasteiger partial charge is 0.326 e. The van der Waals surface area contributed by atoms with Gasteiger partial charge in [-0.15, -0.1) is 0 Å². The number of carbonyl (C=O) groups excluding carboxylic acids is 1. The van der Waals surface area contributed by atoms with E-state index in [0.717, 1.165) is 0 Å². The minimum atomic E-state index is -1.04. The highest BCUT2D eigenvalue weighted by atomic mass is 16.4. The van der Waals surface area contributed by atoms with E-state index < -0.39 is 17.9 Å². The number of rotatable bonds is 6. The second-order valence-corrected chi connectivity index (χ2v) is 5.80. The fraction of sp³-hybridized carbons (Fsp3) is 0.353. The molecule has 23 heavy (non-hydrogen) atoms. The van der Waals surface area contributed by atoms with E-state index in [-0.39, 0.29) is 5.92 Å². The van der Waals surface area contributed by atoms with Gasteiger partial charge in [0, 0.05) is 0 Å². The van der Waals surface area contributed by atoms with Crippen LogP contribution in [-0.2, 0) is 4.79 Å². The Morgan fingerprint density at radius 1 is 1.30 bits per heavy atom. The molecule has 0 bridgehead atoms. The summed E-state index contributed by atoms with van der Waals surface area (Å²) in [6.07, 6.45) is 1.92. The van der Waals surface area contributed by atoms with Crippen LogP contribution in [0, 0.1) is 12.8 Å². The lowest BCUT2D eigenvalue weighted by molar-refractivity contribution is -0.139. The summed E-state index contributed by atoms with van der Waals surface area (Å²) in [5.74, 6) is -0.695. The maximum Gasteiger partial charge on any atom is 0.326 e. The molecule has 0 aliphatic rings. The van der Waals surface area contributed by atoms with Crippen molar-refractivity contribution in [2.24, 2.45) is 5.92 Å². The third-order valence-corrected chi connectivity index (χ3v) is 3.41. The maximum absolute atomic E-state index is 12.3. The van der Waals surface area contributed by atoms with E-state index in [1.807, 2.05) is 13.8 Å². The topological polar surface area (TPSA) is 92.4 Å². The predicted molar refractivity (Wildman–Crippen MR) is 85.0 cm³/mol. The van der Waals surface area contributed by atoms with Crippen LogP contribution >= 0.6 is 0 Å². The van der Waals surface area contributed by atoms with Crippen molar-refractivity contribution in [2.75, 3.05) is 0 Å². The second-order valence-electron chi connectivity index (χ2n) is 5.80. The fourth-order valence-corrected chi connectivity index (χ4v) is 2.29. The number of furan rings is 1. The SMILES string of the molecule is Cc1nc(-c2ccco2)ccc1C(=O)NC(CC(C)C)C(=O)O. The van der Waals surface area contributed by atoms with Gasteiger partial charge < -0.3 is 14.8 Å². The summed E-state index contributed by atoms with van der Waals surface area (Å²) >= 11 is 0. The lowest BCUT2D eigenvalue weighted by Gasteiger charge is -2.17. The minimum absolute atomic E-state index is 0.164. The van der Waals surface area contributed by atoms with Gasteiger partial charge in [-0.3, -0.25) is 4.79 Å². The molecule has 122 valence electrons. The first-order valence-corrected chi connectivity index (χ1v) is 7.43. The van der Waals surface area contributed by atoms with Crippen molar-refractivity contribution in [1.29, 1.82) is 0 Å². The zero-order valence-corrected chi connectivity index (χ0v) is 13.4. The Hall–Kier alpha value is -2.63. The van der Waals surface area contributed by atoms with Gasteiger partial charge >= 0.3 is 5.97 Å². The predicted octanol–water partition coefficient (Wildman–Crippen LogP) is 2.88. The van der Waals surface area contributed by atoms with Crippen molar-refractivity contribution in [1.82, 2.24) is 10.3 Å². The minimum Gasteiger partial charge on any atom is -0.480 e. The van der Waals surface area contributed by atoms with Crippen LogP contribution in [0.5, 0.6) is 0 Å². The lowest BCUT2D eigenvalue weighted by Crippen LogP contribution is -2.41. The molecule has 0 saturated heterocycles. The summed E-state index contributed by atoms with van der Waals surface area (Å²) in [4.78, 5) is 27.9. The fourth-order valence-electron chi connectivity index (χ4n) is 2.29. The Bertz CT molecular complexity index is 693. The number of hydrogen-bond acceptors (Lipinski definition) is 4. The van der Waals surface area contributed by atoms with E-state index in [0.29, 0.717) is 29.1 Å². The van der Waals surface area contributed by atoms with Crippen molar-refractivity contribution >= 4 is 11.9 Å². The molecule has 6 nitrogen and oxygen atoms in total. The first-order valence-electron chi connectivity index (χ1n) is 7.43. The number of hydrogen-bond donors (Lipinski definition) is 2. The summed E-state index contributed by atoms with van der Waals surface area (Å²) < 4.78 is 5.27. The molecule has 1 atom stereocenters. The Labute approximate surface area is 134 Å². The number of aliphatic carboxylic acids is 1. The number of carbonyl (C=O) groups is 2. The van der Waals surface area contributed by atoms with E-state index in [1.54, 1.807) is 37.5 Å². The van der Waals surface area contributed by atoms with Gasteiger partial charge in [0.1, 0.15) is 11.7 Å². The third-order valence-electron chi connectivity index (χ3n) is 3.41. The van der Waals surface area contributed by atoms with Crippen LogP contribution in [-0.4, -0.2) is 28.0 Å².